The van der Waals surface area contributed by atoms with E-state index in [1.165, 1.54) is 5.56 Å². The van der Waals surface area contributed by atoms with Crippen molar-refractivity contribution in [3.05, 3.63) is 35.4 Å². The van der Waals surface area contributed by atoms with E-state index in [0.717, 1.165) is 12.1 Å². The molecule has 1 aromatic rings. The molecule has 2 heteroatoms. The van der Waals surface area contributed by atoms with Crippen molar-refractivity contribution in [2.24, 2.45) is 0 Å². The van der Waals surface area contributed by atoms with Gasteiger partial charge < -0.3 is 29.7 Å². The lowest BCUT2D eigenvalue weighted by atomic mass is 10.1. The van der Waals surface area contributed by atoms with Crippen LogP contribution in [0.3, 0.4) is 0 Å². The fourth-order valence-corrected chi connectivity index (χ4v) is 0.768. The van der Waals surface area contributed by atoms with Gasteiger partial charge in [-0.3, -0.25) is 0 Å². The van der Waals surface area contributed by atoms with Gasteiger partial charge in [-0.15, -0.1) is 6.42 Å². The maximum absolute atomic E-state index is 5.18. The molecule has 0 atom stereocenters. The van der Waals surface area contributed by atoms with Gasteiger partial charge in [0.05, 0.1) is 6.54 Å². The van der Waals surface area contributed by atoms with Crippen molar-refractivity contribution < 1.29 is 29.7 Å². The van der Waals surface area contributed by atoms with E-state index in [1.54, 1.807) is 0 Å². The second-order valence-corrected chi connectivity index (χ2v) is 2.09. The second kappa shape index (κ2) is 5.16. The fourth-order valence-electron chi connectivity index (χ4n) is 0.768. The van der Waals surface area contributed by atoms with Gasteiger partial charge in [-0.25, -0.2) is 0 Å². The molecule has 1 rings (SSSR count). The minimum absolute atomic E-state index is 0. The molecule has 0 bridgehead atoms. The van der Waals surface area contributed by atoms with E-state index in [0.29, 0.717) is 0 Å². The van der Waals surface area contributed by atoms with Crippen LogP contribution < -0.4 is 29.7 Å². The lowest BCUT2D eigenvalue weighted by Crippen LogP contribution is -3.00. The Balaban J connectivity index is 0.000001000. The maximum Gasteiger partial charge on any atom is 0.0997 e. The van der Waals surface area contributed by atoms with Gasteiger partial charge in [-0.1, -0.05) is 18.1 Å². The molecular formula is C9H10IN. The zero-order chi connectivity index (χ0) is 7.40. The van der Waals surface area contributed by atoms with Crippen LogP contribution >= 0.6 is 0 Å². The first-order chi connectivity index (χ1) is 4.86. The molecule has 0 aliphatic rings. The van der Waals surface area contributed by atoms with Crippen LogP contribution in [0.1, 0.15) is 11.1 Å². The van der Waals surface area contributed by atoms with Gasteiger partial charge in [0.1, 0.15) is 0 Å². The molecule has 0 saturated carbocycles. The lowest BCUT2D eigenvalue weighted by molar-refractivity contribution is -0.386. The molecule has 0 aliphatic carbocycles. The number of quaternary nitrogens is 1. The van der Waals surface area contributed by atoms with Crippen LogP contribution in [0.5, 0.6) is 0 Å². The third-order valence-corrected chi connectivity index (χ3v) is 1.41. The summed E-state index contributed by atoms with van der Waals surface area (Å²) in [5.41, 5.74) is 5.91. The summed E-state index contributed by atoms with van der Waals surface area (Å²) in [6, 6.07) is 7.87. The number of benzene rings is 1. The largest absolute Gasteiger partial charge is 1.00 e. The summed E-state index contributed by atoms with van der Waals surface area (Å²) in [4.78, 5) is 0. The van der Waals surface area contributed by atoms with Gasteiger partial charge in [-0.2, -0.15) is 0 Å². The Bertz CT molecular complexity index is 245. The van der Waals surface area contributed by atoms with Crippen LogP contribution in [-0.2, 0) is 6.54 Å². The van der Waals surface area contributed by atoms with Gasteiger partial charge in [-0.05, 0) is 12.1 Å². The van der Waals surface area contributed by atoms with Crippen molar-refractivity contribution >= 4 is 0 Å². The van der Waals surface area contributed by atoms with Crippen LogP contribution in [0.15, 0.2) is 24.3 Å². The number of hydrogen-bond acceptors (Lipinski definition) is 0. The zero-order valence-corrected chi connectivity index (χ0v) is 8.34. The average Bonchev–Trinajstić information content (AvgIpc) is 2.05. The second-order valence-electron chi connectivity index (χ2n) is 2.09. The normalized spacial score (nSPS) is 8.00. The van der Waals surface area contributed by atoms with E-state index in [4.69, 9.17) is 6.42 Å². The smallest absolute Gasteiger partial charge is 0.0997 e. The van der Waals surface area contributed by atoms with Crippen molar-refractivity contribution in [1.29, 1.82) is 0 Å². The third kappa shape index (κ3) is 2.91. The summed E-state index contributed by atoms with van der Waals surface area (Å²) >= 11 is 0. The van der Waals surface area contributed by atoms with E-state index in [-0.39, 0.29) is 24.0 Å². The predicted molar refractivity (Wildman–Crippen MR) is 41.0 cm³/mol. The summed E-state index contributed by atoms with van der Waals surface area (Å²) in [7, 11) is 0. The molecule has 0 radical (unpaired) electrons. The van der Waals surface area contributed by atoms with Crippen molar-refractivity contribution in [1.82, 2.24) is 0 Å². The Morgan fingerprint density at radius 1 is 1.27 bits per heavy atom. The lowest BCUT2D eigenvalue weighted by Gasteiger charge is -1.92. The highest BCUT2D eigenvalue weighted by atomic mass is 127. The third-order valence-electron chi connectivity index (χ3n) is 1.41. The predicted octanol–water partition coefficient (Wildman–Crippen LogP) is -2.59. The molecule has 11 heavy (non-hydrogen) atoms. The Morgan fingerprint density at radius 2 is 1.82 bits per heavy atom. The molecule has 0 heterocycles. The molecule has 0 aromatic heterocycles. The Morgan fingerprint density at radius 3 is 2.18 bits per heavy atom. The topological polar surface area (TPSA) is 27.6 Å². The highest BCUT2D eigenvalue weighted by Gasteiger charge is 1.89. The van der Waals surface area contributed by atoms with E-state index >= 15 is 0 Å². The molecule has 1 aromatic carbocycles. The first kappa shape index (κ1) is 10.5. The fraction of sp³-hybridized carbons (Fsp3) is 0.111. The van der Waals surface area contributed by atoms with Crippen molar-refractivity contribution in [2.75, 3.05) is 0 Å². The minimum atomic E-state index is 0. The van der Waals surface area contributed by atoms with Crippen molar-refractivity contribution in [3.63, 3.8) is 0 Å². The Hall–Kier alpha value is -0.530. The Labute approximate surface area is 84.0 Å². The van der Waals surface area contributed by atoms with Crippen LogP contribution in [0.2, 0.25) is 0 Å². The zero-order valence-electron chi connectivity index (χ0n) is 6.18. The molecule has 58 valence electrons. The molecule has 0 aliphatic heterocycles. The van der Waals surface area contributed by atoms with Gasteiger partial charge in [0.15, 0.2) is 0 Å². The minimum Gasteiger partial charge on any atom is -1.00 e. The van der Waals surface area contributed by atoms with Gasteiger partial charge >= 0.3 is 0 Å². The van der Waals surface area contributed by atoms with Crippen LogP contribution in [-0.4, -0.2) is 0 Å². The summed E-state index contributed by atoms with van der Waals surface area (Å²) in [5, 5.41) is 0. The van der Waals surface area contributed by atoms with E-state index in [2.05, 4.69) is 11.7 Å². The monoisotopic (exact) mass is 259 g/mol. The van der Waals surface area contributed by atoms with Crippen LogP contribution in [0.4, 0.5) is 0 Å². The number of terminal acetylenes is 1. The van der Waals surface area contributed by atoms with Gasteiger partial charge in [0, 0.05) is 11.1 Å². The van der Waals surface area contributed by atoms with E-state index in [1.807, 2.05) is 24.3 Å². The molecule has 0 saturated heterocycles. The SMILES string of the molecule is C#Cc1ccc(C[NH3+])cc1.[I-]. The first-order valence-corrected chi connectivity index (χ1v) is 3.21. The summed E-state index contributed by atoms with van der Waals surface area (Å²) in [5.74, 6) is 2.56. The highest BCUT2D eigenvalue weighted by molar-refractivity contribution is 5.33. The molecule has 3 N–H and O–H groups in total. The summed E-state index contributed by atoms with van der Waals surface area (Å²) < 4.78 is 0. The number of halogens is 1. The molecule has 0 fully saturated rings. The van der Waals surface area contributed by atoms with Gasteiger partial charge in [0.25, 0.3) is 0 Å². The number of hydrogen-bond donors (Lipinski definition) is 1. The van der Waals surface area contributed by atoms with Crippen LogP contribution in [0, 0.1) is 12.3 Å². The summed E-state index contributed by atoms with van der Waals surface area (Å²) in [6.45, 7) is 0.824. The molecule has 0 spiro atoms. The summed E-state index contributed by atoms with van der Waals surface area (Å²) in [6.07, 6.45) is 5.18. The average molecular weight is 259 g/mol. The van der Waals surface area contributed by atoms with E-state index in [9.17, 15) is 0 Å². The Kier molecular flexibility index (Phi) is 4.92. The van der Waals surface area contributed by atoms with Crippen LogP contribution in [0.25, 0.3) is 0 Å². The van der Waals surface area contributed by atoms with Crippen molar-refractivity contribution in [3.8, 4) is 12.3 Å². The maximum atomic E-state index is 5.18. The molecular weight excluding hydrogens is 249 g/mol. The quantitative estimate of drug-likeness (QED) is 0.423. The highest BCUT2D eigenvalue weighted by Crippen LogP contribution is 2.00. The molecule has 0 amide bonds. The molecule has 1 nitrogen and oxygen atoms in total. The van der Waals surface area contributed by atoms with E-state index < -0.39 is 0 Å². The van der Waals surface area contributed by atoms with Crippen molar-refractivity contribution in [2.45, 2.75) is 6.54 Å². The first-order valence-electron chi connectivity index (χ1n) is 3.21. The standard InChI is InChI=1S/C9H9N.HI/c1-2-8-3-5-9(7-10)6-4-8;/h1,3-6H,7,10H2;1H. The molecule has 0 unspecified atom stereocenters. The van der Waals surface area contributed by atoms with Gasteiger partial charge in [0.2, 0.25) is 0 Å². The number of rotatable bonds is 1.